The number of carboxylic acid groups (broad SMARTS) is 1. The molecule has 1 fully saturated rings. The second-order valence-electron chi connectivity index (χ2n) is 14.4. The molecule has 1 saturated heterocycles. The Bertz CT molecular complexity index is 1880. The first-order valence-electron chi connectivity index (χ1n) is 19.9. The third-order valence-corrected chi connectivity index (χ3v) is 10.1. The monoisotopic (exact) mass is 917 g/mol. The Balaban J connectivity index is 1.63. The van der Waals surface area contributed by atoms with E-state index in [0.717, 1.165) is 0 Å². The van der Waals surface area contributed by atoms with Gasteiger partial charge in [-0.15, -0.1) is 0 Å². The maximum Gasteiger partial charge on any atom is 0.322 e. The number of anilines is 1. The number of carbonyl (C=O) groups is 7. The highest BCUT2D eigenvalue weighted by Crippen LogP contribution is 2.24. The van der Waals surface area contributed by atoms with E-state index in [1.54, 1.807) is 37.3 Å². The molecule has 5 atom stereocenters. The third-order valence-electron chi connectivity index (χ3n) is 9.64. The molecule has 0 aromatic heterocycles. The number of benzene rings is 2. The summed E-state index contributed by atoms with van der Waals surface area (Å²) in [6, 6.07) is 6.28. The summed E-state index contributed by atoms with van der Waals surface area (Å²) in [6.07, 6.45) is 1.62. The van der Waals surface area contributed by atoms with Gasteiger partial charge in [0, 0.05) is 16.7 Å². The van der Waals surface area contributed by atoms with Crippen molar-refractivity contribution in [1.82, 2.24) is 26.2 Å². The van der Waals surface area contributed by atoms with Gasteiger partial charge in [0.15, 0.2) is 6.61 Å². The Labute approximate surface area is 361 Å². The quantitative estimate of drug-likeness (QED) is 0.0389. The highest BCUT2D eigenvalue weighted by molar-refractivity contribution is 9.10. The minimum Gasteiger partial charge on any atom is -0.507 e. The maximum absolute atomic E-state index is 14.0. The van der Waals surface area contributed by atoms with Crippen LogP contribution in [-0.4, -0.2) is 130 Å². The van der Waals surface area contributed by atoms with Gasteiger partial charge < -0.3 is 63.1 Å². The molecule has 21 heteroatoms. The first-order chi connectivity index (χ1) is 29.1. The fourth-order valence-corrected chi connectivity index (χ4v) is 6.74. The lowest BCUT2D eigenvalue weighted by atomic mass is 10.0. The summed E-state index contributed by atoms with van der Waals surface area (Å²) >= 11 is 3.27. The number of aliphatic hydroxyl groups excluding tert-OH is 1. The Hall–Kier alpha value is -5.64. The number of phenolic OH excluding ortho intramolecular Hbond substituents is 1. The molecule has 1 aliphatic heterocycles. The fourth-order valence-electron chi connectivity index (χ4n) is 6.37. The van der Waals surface area contributed by atoms with E-state index in [2.05, 4.69) is 47.7 Å². The maximum atomic E-state index is 14.0. The van der Waals surface area contributed by atoms with Gasteiger partial charge in [0.2, 0.25) is 23.6 Å². The number of phenols is 1. The van der Waals surface area contributed by atoms with Gasteiger partial charge in [-0.1, -0.05) is 33.2 Å². The molecule has 1 heterocycles. The number of nitrogens with two attached hydrogens (primary N) is 2. The average molecular weight is 919 g/mol. The van der Waals surface area contributed by atoms with Crippen LogP contribution in [0, 0.1) is 0 Å². The lowest BCUT2D eigenvalue weighted by molar-refractivity contribution is -0.143. The van der Waals surface area contributed by atoms with Crippen LogP contribution in [0.4, 0.5) is 5.69 Å². The van der Waals surface area contributed by atoms with E-state index in [9.17, 15) is 43.8 Å². The number of nitrogens with one attached hydrogen (secondary N) is 5. The van der Waals surface area contributed by atoms with Crippen LogP contribution in [0.25, 0.3) is 0 Å². The first kappa shape index (κ1) is 49.7. The van der Waals surface area contributed by atoms with E-state index < -0.39 is 84.8 Å². The molecule has 0 radical (unpaired) electrons. The predicted octanol–water partition coefficient (Wildman–Crippen LogP) is 0.433. The summed E-state index contributed by atoms with van der Waals surface area (Å²) < 4.78 is 0.620. The third kappa shape index (κ3) is 16.1. The van der Waals surface area contributed by atoms with Gasteiger partial charge in [-0.25, -0.2) is 0 Å². The topological polar surface area (TPSA) is 317 Å². The van der Waals surface area contributed by atoms with Gasteiger partial charge >= 0.3 is 5.97 Å². The summed E-state index contributed by atoms with van der Waals surface area (Å²) in [4.78, 5) is 97.0. The molecule has 1 aliphatic rings. The van der Waals surface area contributed by atoms with Crippen molar-refractivity contribution >= 4 is 68.7 Å². The lowest BCUT2D eigenvalue weighted by Gasteiger charge is -2.31. The standard InChI is InChI=1S/C40H56BrN9O11/c1-23(25-11-14-27(15-12-25)45-36(56)28-20-26(41)13-16-32(28)52)49-61-22-33(53)48-35(24(2)51)39(59)47-30(9-4-6-18-43)40(60)50-19-7-10-31(50)38(58)46-29(8-3-5-17-42)37(57)44-21-34(54)55/h11-16,20,24,29-31,35,51-52H,3-10,17-19,21-22,42-43H2,1-2H3,(H,44,57)(H,45,56)(H,46,58)(H,47,59)(H,48,53)(H,54,55)/b49-23+/t24-,29+,30+,31+,35+/m1/s1. The van der Waals surface area contributed by atoms with Crippen LogP contribution in [0.1, 0.15) is 81.1 Å². The van der Waals surface area contributed by atoms with Gasteiger partial charge in [0.1, 0.15) is 36.5 Å². The molecular formula is C40H56BrN9O11. The molecule has 0 unspecified atom stereocenters. The van der Waals surface area contributed by atoms with Crippen molar-refractivity contribution in [3.8, 4) is 5.75 Å². The van der Waals surface area contributed by atoms with Crippen molar-refractivity contribution in [1.29, 1.82) is 0 Å². The average Bonchev–Trinajstić information content (AvgIpc) is 3.72. The molecule has 334 valence electrons. The van der Waals surface area contributed by atoms with E-state index in [4.69, 9.17) is 21.4 Å². The summed E-state index contributed by atoms with van der Waals surface area (Å²) in [5.41, 5.74) is 12.7. The lowest BCUT2D eigenvalue weighted by Crippen LogP contribution is -2.59. The molecule has 6 amide bonds. The molecule has 3 rings (SSSR count). The predicted molar refractivity (Wildman–Crippen MR) is 227 cm³/mol. The molecule has 2 aromatic rings. The number of oxime groups is 1. The number of likely N-dealkylation sites (tertiary alicyclic amines) is 1. The minimum atomic E-state index is -1.51. The second-order valence-corrected chi connectivity index (χ2v) is 15.3. The molecule has 0 saturated carbocycles. The van der Waals surface area contributed by atoms with Crippen LogP contribution in [0.3, 0.4) is 0 Å². The normalized spacial score (nSPS) is 15.7. The Kier molecular flexibility index (Phi) is 20.5. The first-order valence-corrected chi connectivity index (χ1v) is 20.7. The number of aliphatic carboxylic acids is 1. The summed E-state index contributed by atoms with van der Waals surface area (Å²) in [6.45, 7) is 2.47. The number of amides is 6. The van der Waals surface area contributed by atoms with Crippen molar-refractivity contribution in [3.63, 3.8) is 0 Å². The summed E-state index contributed by atoms with van der Waals surface area (Å²) in [7, 11) is 0. The Morgan fingerprint density at radius 2 is 1.57 bits per heavy atom. The number of nitrogens with zero attached hydrogens (tertiary/aromatic N) is 2. The number of aliphatic hydroxyl groups is 1. The molecule has 0 aliphatic carbocycles. The molecule has 61 heavy (non-hydrogen) atoms. The number of carbonyl (C=O) groups excluding carboxylic acids is 6. The molecule has 0 bridgehead atoms. The highest BCUT2D eigenvalue weighted by atomic mass is 79.9. The van der Waals surface area contributed by atoms with Crippen LogP contribution < -0.4 is 38.1 Å². The number of carboxylic acids is 1. The van der Waals surface area contributed by atoms with E-state index in [1.165, 1.54) is 24.0 Å². The fraction of sp³-hybridized carbons (Fsp3) is 0.500. The van der Waals surface area contributed by atoms with Crippen LogP contribution in [0.5, 0.6) is 5.75 Å². The summed E-state index contributed by atoms with van der Waals surface area (Å²) in [5, 5.41) is 46.1. The molecule has 20 nitrogen and oxygen atoms in total. The number of hydrogen-bond acceptors (Lipinski definition) is 13. The van der Waals surface area contributed by atoms with Crippen molar-refractivity contribution < 1.29 is 53.7 Å². The SMILES string of the molecule is C/C(=N\OCC(=O)N[C@H](C(=O)N[C@@H](CCCCN)C(=O)N1CCC[C@H]1C(=O)N[C@@H](CCCCN)C(=O)NCC(=O)O)[C@@H](C)O)c1ccc(NC(=O)c2cc(Br)ccc2O)cc1. The number of halogens is 1. The van der Waals surface area contributed by atoms with Crippen molar-refractivity contribution in [2.45, 2.75) is 95.5 Å². The molecule has 12 N–H and O–H groups in total. The zero-order valence-electron chi connectivity index (χ0n) is 34.2. The smallest absolute Gasteiger partial charge is 0.322 e. The van der Waals surface area contributed by atoms with Crippen LogP contribution in [0.15, 0.2) is 52.1 Å². The van der Waals surface area contributed by atoms with Gasteiger partial charge in [0.05, 0.1) is 17.4 Å². The summed E-state index contributed by atoms with van der Waals surface area (Å²) in [5.74, 6) is -5.52. The number of aromatic hydroxyl groups is 1. The number of hydrogen-bond donors (Lipinski definition) is 10. The molecular weight excluding hydrogens is 862 g/mol. The van der Waals surface area contributed by atoms with Gasteiger partial charge in [-0.05, 0) is 114 Å². The van der Waals surface area contributed by atoms with E-state index >= 15 is 0 Å². The molecule has 0 spiro atoms. The van der Waals surface area contributed by atoms with Gasteiger partial charge in [0.25, 0.3) is 11.8 Å². The minimum absolute atomic E-state index is 0.0812. The van der Waals surface area contributed by atoms with Crippen LogP contribution in [0.2, 0.25) is 0 Å². The van der Waals surface area contributed by atoms with Crippen molar-refractivity contribution in [3.05, 3.63) is 58.1 Å². The second kappa shape index (κ2) is 25.2. The number of rotatable bonds is 24. The zero-order chi connectivity index (χ0) is 45.1. The van der Waals surface area contributed by atoms with Gasteiger partial charge in [-0.2, -0.15) is 0 Å². The van der Waals surface area contributed by atoms with Crippen molar-refractivity contribution in [2.75, 3.05) is 38.1 Å². The molecule has 2 aromatic carbocycles. The van der Waals surface area contributed by atoms with Crippen LogP contribution in [-0.2, 0) is 33.6 Å². The highest BCUT2D eigenvalue weighted by Gasteiger charge is 2.39. The largest absolute Gasteiger partial charge is 0.507 e. The number of unbranched alkanes of at least 4 members (excludes halogenated alkanes) is 2. The van der Waals surface area contributed by atoms with E-state index in [0.29, 0.717) is 66.6 Å². The van der Waals surface area contributed by atoms with Crippen molar-refractivity contribution in [2.24, 2.45) is 16.6 Å². The zero-order valence-corrected chi connectivity index (χ0v) is 35.7. The van der Waals surface area contributed by atoms with Crippen LogP contribution >= 0.6 is 15.9 Å². The Morgan fingerprint density at radius 3 is 2.20 bits per heavy atom. The Morgan fingerprint density at radius 1 is 0.918 bits per heavy atom. The van der Waals surface area contributed by atoms with E-state index in [1.807, 2.05) is 0 Å². The van der Waals surface area contributed by atoms with E-state index in [-0.39, 0.29) is 37.1 Å². The van der Waals surface area contributed by atoms with Gasteiger partial charge in [-0.3, -0.25) is 33.6 Å².